The van der Waals surface area contributed by atoms with E-state index < -0.39 is 0 Å². The average molecular weight is 536 g/mol. The number of aryl methyl sites for hydroxylation is 2. The van der Waals surface area contributed by atoms with Crippen molar-refractivity contribution in [3.63, 3.8) is 0 Å². The van der Waals surface area contributed by atoms with E-state index in [9.17, 15) is 0 Å². The first-order chi connectivity index (χ1) is 13.1. The minimum absolute atomic E-state index is 0. The van der Waals surface area contributed by atoms with Gasteiger partial charge in [0.2, 0.25) is 0 Å². The minimum Gasteiger partial charge on any atom is -0.376 e. The molecule has 1 fully saturated rings. The van der Waals surface area contributed by atoms with E-state index >= 15 is 0 Å². The summed E-state index contributed by atoms with van der Waals surface area (Å²) in [4.78, 5) is 14.1. The molecule has 0 spiro atoms. The van der Waals surface area contributed by atoms with Gasteiger partial charge in [-0.05, 0) is 32.2 Å². The van der Waals surface area contributed by atoms with E-state index in [0.29, 0.717) is 12.6 Å². The third kappa shape index (κ3) is 6.38. The first-order valence-corrected chi connectivity index (χ1v) is 11.0. The summed E-state index contributed by atoms with van der Waals surface area (Å²) >= 11 is 3.54. The zero-order valence-electron chi connectivity index (χ0n) is 16.9. The Morgan fingerprint density at radius 1 is 1.43 bits per heavy atom. The molecule has 2 atom stereocenters. The lowest BCUT2D eigenvalue weighted by atomic mass is 10.1. The molecule has 0 amide bonds. The van der Waals surface area contributed by atoms with Crippen LogP contribution in [0.25, 0.3) is 0 Å². The molecule has 1 aliphatic heterocycles. The molecule has 156 valence electrons. The monoisotopic (exact) mass is 535 g/mol. The Kier molecular flexibility index (Phi) is 9.61. The molecule has 0 radical (unpaired) electrons. The smallest absolute Gasteiger partial charge is 0.191 e. The number of aromatic nitrogens is 1. The number of halogens is 1. The van der Waals surface area contributed by atoms with E-state index in [2.05, 4.69) is 63.8 Å². The topological polar surface area (TPSA) is 61.8 Å². The van der Waals surface area contributed by atoms with Gasteiger partial charge in [-0.3, -0.25) is 9.89 Å². The van der Waals surface area contributed by atoms with Gasteiger partial charge in [0.25, 0.3) is 0 Å². The molecule has 2 aromatic rings. The number of guanidine groups is 1. The van der Waals surface area contributed by atoms with Crippen molar-refractivity contribution in [1.29, 1.82) is 0 Å². The van der Waals surface area contributed by atoms with E-state index in [4.69, 9.17) is 4.74 Å². The molecule has 0 bridgehead atoms. The second kappa shape index (κ2) is 11.4. The number of thiophene rings is 1. The third-order valence-corrected chi connectivity index (χ3v) is 6.80. The summed E-state index contributed by atoms with van der Waals surface area (Å²) in [6, 6.07) is 4.66. The number of rotatable bonds is 6. The summed E-state index contributed by atoms with van der Waals surface area (Å²) in [5.74, 6) is 0.809. The molecule has 2 aromatic heterocycles. The van der Waals surface area contributed by atoms with Crippen molar-refractivity contribution in [3.05, 3.63) is 38.0 Å². The molecule has 28 heavy (non-hydrogen) atoms. The van der Waals surface area contributed by atoms with Crippen LogP contribution in [-0.4, -0.2) is 55.2 Å². The summed E-state index contributed by atoms with van der Waals surface area (Å²) in [7, 11) is 1.81. The van der Waals surface area contributed by atoms with Gasteiger partial charge in [0.1, 0.15) is 5.01 Å². The Bertz CT molecular complexity index is 730. The van der Waals surface area contributed by atoms with Gasteiger partial charge in [-0.1, -0.05) is 6.07 Å². The van der Waals surface area contributed by atoms with Crippen LogP contribution in [0.4, 0.5) is 0 Å². The lowest BCUT2D eigenvalue weighted by Gasteiger charge is -2.37. The van der Waals surface area contributed by atoms with Crippen molar-refractivity contribution < 1.29 is 4.74 Å². The van der Waals surface area contributed by atoms with Crippen LogP contribution in [0.3, 0.4) is 0 Å². The Morgan fingerprint density at radius 2 is 2.25 bits per heavy atom. The van der Waals surface area contributed by atoms with Gasteiger partial charge in [0.15, 0.2) is 5.96 Å². The highest BCUT2D eigenvalue weighted by molar-refractivity contribution is 14.0. The number of hydrogen-bond donors (Lipinski definition) is 2. The number of ether oxygens (including phenoxy) is 1. The fraction of sp³-hybridized carbons (Fsp3) is 0.579. The number of morpholine rings is 1. The van der Waals surface area contributed by atoms with Crippen molar-refractivity contribution in [3.8, 4) is 0 Å². The van der Waals surface area contributed by atoms with Gasteiger partial charge in [-0.2, -0.15) is 0 Å². The first-order valence-electron chi connectivity index (χ1n) is 9.33. The molecule has 9 heteroatoms. The van der Waals surface area contributed by atoms with Gasteiger partial charge < -0.3 is 15.4 Å². The highest BCUT2D eigenvalue weighted by atomic mass is 127. The van der Waals surface area contributed by atoms with Crippen molar-refractivity contribution >= 4 is 52.6 Å². The predicted molar refractivity (Wildman–Crippen MR) is 129 cm³/mol. The van der Waals surface area contributed by atoms with E-state index in [1.54, 1.807) is 11.3 Å². The van der Waals surface area contributed by atoms with Crippen LogP contribution in [-0.2, 0) is 11.3 Å². The van der Waals surface area contributed by atoms with Gasteiger partial charge in [0, 0.05) is 36.4 Å². The first kappa shape index (κ1) is 23.5. The lowest BCUT2D eigenvalue weighted by Crippen LogP contribution is -2.47. The zero-order valence-corrected chi connectivity index (χ0v) is 20.9. The Morgan fingerprint density at radius 3 is 2.86 bits per heavy atom. The van der Waals surface area contributed by atoms with E-state index in [1.165, 1.54) is 9.75 Å². The molecule has 2 N–H and O–H groups in total. The summed E-state index contributed by atoms with van der Waals surface area (Å²) in [6.45, 7) is 10.5. The molecule has 0 aliphatic carbocycles. The van der Waals surface area contributed by atoms with Gasteiger partial charge in [0.05, 0.1) is 31.0 Å². The standard InChI is InChI=1S/C19H29N5OS2.HI/c1-13-12-24(7-8-25-13)16(17-6-5-9-26-17)10-21-19(20-4)22-11-18-23-14(2)15(3)27-18;/h5-6,9,13,16H,7-8,10-12H2,1-4H3,(H2,20,21,22);1H. The summed E-state index contributed by atoms with van der Waals surface area (Å²) in [5, 5.41) is 10.1. The Labute approximate surface area is 192 Å². The largest absolute Gasteiger partial charge is 0.376 e. The fourth-order valence-electron chi connectivity index (χ4n) is 3.21. The highest BCUT2D eigenvalue weighted by Gasteiger charge is 2.26. The normalized spacial score (nSPS) is 19.1. The third-order valence-electron chi connectivity index (χ3n) is 4.75. The molecule has 1 saturated heterocycles. The van der Waals surface area contributed by atoms with Crippen molar-refractivity contribution in [2.45, 2.75) is 39.5 Å². The zero-order chi connectivity index (χ0) is 19.2. The molecule has 2 unspecified atom stereocenters. The van der Waals surface area contributed by atoms with Crippen molar-refractivity contribution in [1.82, 2.24) is 20.5 Å². The Hall–Kier alpha value is -0.750. The van der Waals surface area contributed by atoms with Crippen LogP contribution in [0.2, 0.25) is 0 Å². The maximum Gasteiger partial charge on any atom is 0.191 e. The molecule has 0 saturated carbocycles. The molecule has 1 aliphatic rings. The van der Waals surface area contributed by atoms with Crippen molar-refractivity contribution in [2.24, 2.45) is 4.99 Å². The molecular weight excluding hydrogens is 505 g/mol. The molecule has 3 rings (SSSR count). The molecule has 3 heterocycles. The maximum atomic E-state index is 5.72. The maximum absolute atomic E-state index is 5.72. The number of thiazole rings is 1. The van der Waals surface area contributed by atoms with E-state index in [1.807, 2.05) is 18.4 Å². The van der Waals surface area contributed by atoms with E-state index in [-0.39, 0.29) is 30.1 Å². The summed E-state index contributed by atoms with van der Waals surface area (Å²) < 4.78 is 5.72. The second-order valence-corrected chi connectivity index (χ2v) is 9.03. The predicted octanol–water partition coefficient (Wildman–Crippen LogP) is 3.57. The van der Waals surface area contributed by atoms with Gasteiger partial charge >= 0.3 is 0 Å². The van der Waals surface area contributed by atoms with Crippen molar-refractivity contribution in [2.75, 3.05) is 33.3 Å². The minimum atomic E-state index is 0. The Balaban J connectivity index is 0.00000280. The SMILES string of the molecule is CN=C(NCc1nc(C)c(C)s1)NCC(c1cccs1)N1CCOC(C)C1.I. The van der Waals surface area contributed by atoms with Crippen LogP contribution in [0.5, 0.6) is 0 Å². The number of nitrogens with zero attached hydrogens (tertiary/aromatic N) is 3. The van der Waals surface area contributed by atoms with Crippen LogP contribution in [0, 0.1) is 13.8 Å². The number of nitrogens with one attached hydrogen (secondary N) is 2. The second-order valence-electron chi connectivity index (χ2n) is 6.76. The number of hydrogen-bond acceptors (Lipinski definition) is 6. The van der Waals surface area contributed by atoms with Gasteiger partial charge in [-0.15, -0.1) is 46.7 Å². The fourth-order valence-corrected chi connectivity index (χ4v) is 4.94. The van der Waals surface area contributed by atoms with Crippen LogP contribution in [0.15, 0.2) is 22.5 Å². The van der Waals surface area contributed by atoms with Crippen LogP contribution < -0.4 is 10.6 Å². The lowest BCUT2D eigenvalue weighted by molar-refractivity contribution is -0.0334. The van der Waals surface area contributed by atoms with Crippen LogP contribution >= 0.6 is 46.7 Å². The molecular formula is C19H30IN5OS2. The quantitative estimate of drug-likeness (QED) is 0.337. The molecule has 6 nitrogen and oxygen atoms in total. The van der Waals surface area contributed by atoms with Crippen LogP contribution in [0.1, 0.15) is 33.4 Å². The highest BCUT2D eigenvalue weighted by Crippen LogP contribution is 2.26. The summed E-state index contributed by atoms with van der Waals surface area (Å²) in [6.07, 6.45) is 0.273. The average Bonchev–Trinajstić information content (AvgIpc) is 3.28. The molecule has 0 aromatic carbocycles. The summed E-state index contributed by atoms with van der Waals surface area (Å²) in [5.41, 5.74) is 1.11. The van der Waals surface area contributed by atoms with Gasteiger partial charge in [-0.25, -0.2) is 4.98 Å². The number of aliphatic imine (C=N–C) groups is 1. The van der Waals surface area contributed by atoms with E-state index in [0.717, 1.165) is 42.9 Å².